The van der Waals surface area contributed by atoms with E-state index >= 15 is 0 Å². The predicted octanol–water partition coefficient (Wildman–Crippen LogP) is 4.39. The van der Waals surface area contributed by atoms with Crippen molar-refractivity contribution in [3.05, 3.63) is 84.2 Å². The maximum Gasteiger partial charge on any atom is 0.258 e. The molecule has 2 aromatic heterocycles. The van der Waals surface area contributed by atoms with Crippen molar-refractivity contribution in [3.63, 3.8) is 0 Å². The summed E-state index contributed by atoms with van der Waals surface area (Å²) < 4.78 is 13.3. The van der Waals surface area contributed by atoms with Crippen molar-refractivity contribution in [3.8, 4) is 11.3 Å². The van der Waals surface area contributed by atoms with Crippen molar-refractivity contribution in [2.24, 2.45) is 0 Å². The minimum atomic E-state index is -0.281. The molecule has 132 valence electrons. The molecule has 0 bridgehead atoms. The topological polar surface area (TPSA) is 67.8 Å². The van der Waals surface area contributed by atoms with Crippen LogP contribution in [0.2, 0.25) is 0 Å². The van der Waals surface area contributed by atoms with Gasteiger partial charge in [0.1, 0.15) is 12.1 Å². The summed E-state index contributed by atoms with van der Waals surface area (Å²) in [5.41, 5.74) is 4.43. The number of rotatable bonds is 3. The molecule has 5 nitrogen and oxygen atoms in total. The Morgan fingerprint density at radius 2 is 1.81 bits per heavy atom. The Balaban J connectivity index is 1.62. The molecular formula is C21H15FN4O. The van der Waals surface area contributed by atoms with E-state index in [4.69, 9.17) is 0 Å². The number of aromatic nitrogens is 3. The second kappa shape index (κ2) is 6.92. The number of halogens is 1. The Kier molecular flexibility index (Phi) is 4.30. The smallest absolute Gasteiger partial charge is 0.258 e. The molecule has 2 aromatic carbocycles. The third kappa shape index (κ3) is 3.50. The summed E-state index contributed by atoms with van der Waals surface area (Å²) in [5.74, 6) is -0.547. The van der Waals surface area contributed by atoms with Crippen molar-refractivity contribution < 1.29 is 9.18 Å². The molecule has 4 rings (SSSR count). The van der Waals surface area contributed by atoms with Gasteiger partial charge in [-0.1, -0.05) is 12.1 Å². The zero-order chi connectivity index (χ0) is 18.8. The highest BCUT2D eigenvalue weighted by atomic mass is 19.1. The van der Waals surface area contributed by atoms with Crippen molar-refractivity contribution >= 4 is 22.5 Å². The van der Waals surface area contributed by atoms with E-state index < -0.39 is 0 Å². The summed E-state index contributed by atoms with van der Waals surface area (Å²) in [6.07, 6.45) is 4.31. The number of benzene rings is 2. The molecule has 0 saturated carbocycles. The maximum absolute atomic E-state index is 13.3. The standard InChI is InChI=1S/C21H15FN4O/c1-13-8-14(19-6-3-15-9-17(22)4-7-20(15)25-19)2-5-18(13)26-21(27)16-10-23-12-24-11-16/h2-12H,1H3,(H,26,27). The Labute approximate surface area is 154 Å². The SMILES string of the molecule is Cc1cc(-c2ccc3cc(F)ccc3n2)ccc1NC(=O)c1cncnc1. The van der Waals surface area contributed by atoms with Crippen LogP contribution in [0.5, 0.6) is 0 Å². The molecule has 0 radical (unpaired) electrons. The first-order valence-corrected chi connectivity index (χ1v) is 8.34. The summed E-state index contributed by atoms with van der Waals surface area (Å²) >= 11 is 0. The molecule has 4 aromatic rings. The largest absolute Gasteiger partial charge is 0.322 e. The number of nitrogens with one attached hydrogen (secondary N) is 1. The van der Waals surface area contributed by atoms with E-state index in [0.717, 1.165) is 27.7 Å². The number of amides is 1. The van der Waals surface area contributed by atoms with Gasteiger partial charge in [0.25, 0.3) is 5.91 Å². The number of nitrogens with zero attached hydrogens (tertiary/aromatic N) is 3. The van der Waals surface area contributed by atoms with Gasteiger partial charge in [-0.2, -0.15) is 0 Å². The fraction of sp³-hybridized carbons (Fsp3) is 0.0476. The van der Waals surface area contributed by atoms with Gasteiger partial charge in [-0.3, -0.25) is 4.79 Å². The lowest BCUT2D eigenvalue weighted by atomic mass is 10.1. The number of pyridine rings is 1. The zero-order valence-electron chi connectivity index (χ0n) is 14.5. The fourth-order valence-corrected chi connectivity index (χ4v) is 2.83. The van der Waals surface area contributed by atoms with Crippen LogP contribution in [0.3, 0.4) is 0 Å². The van der Waals surface area contributed by atoms with Crippen molar-refractivity contribution in [2.75, 3.05) is 5.32 Å². The molecule has 1 N–H and O–H groups in total. The summed E-state index contributed by atoms with van der Waals surface area (Å²) in [6.45, 7) is 1.91. The molecule has 0 atom stereocenters. The van der Waals surface area contributed by atoms with Crippen LogP contribution >= 0.6 is 0 Å². The molecule has 6 heteroatoms. The highest BCUT2D eigenvalue weighted by Gasteiger charge is 2.10. The first-order chi connectivity index (χ1) is 13.1. The van der Waals surface area contributed by atoms with Crippen LogP contribution in [0.4, 0.5) is 10.1 Å². The van der Waals surface area contributed by atoms with E-state index in [2.05, 4.69) is 20.3 Å². The quantitative estimate of drug-likeness (QED) is 0.590. The molecule has 1 amide bonds. The molecule has 0 fully saturated rings. The van der Waals surface area contributed by atoms with E-state index in [1.165, 1.54) is 30.9 Å². The van der Waals surface area contributed by atoms with Crippen LogP contribution in [0.15, 0.2) is 67.3 Å². The lowest BCUT2D eigenvalue weighted by molar-refractivity contribution is 0.102. The van der Waals surface area contributed by atoms with Gasteiger partial charge in [0, 0.05) is 29.0 Å². The van der Waals surface area contributed by atoms with Crippen LogP contribution in [-0.2, 0) is 0 Å². The Morgan fingerprint density at radius 3 is 2.59 bits per heavy atom. The number of aryl methyl sites for hydroxylation is 1. The zero-order valence-corrected chi connectivity index (χ0v) is 14.5. The number of carbonyl (C=O) groups is 1. The van der Waals surface area contributed by atoms with Gasteiger partial charge in [0.15, 0.2) is 0 Å². The van der Waals surface area contributed by atoms with Crippen molar-refractivity contribution in [2.45, 2.75) is 6.92 Å². The van der Waals surface area contributed by atoms with Crippen LogP contribution in [0.1, 0.15) is 15.9 Å². The van der Waals surface area contributed by atoms with Crippen LogP contribution in [0, 0.1) is 12.7 Å². The minimum absolute atomic E-state index is 0.266. The first kappa shape index (κ1) is 16.8. The Morgan fingerprint density at radius 1 is 1.00 bits per heavy atom. The van der Waals surface area contributed by atoms with E-state index in [-0.39, 0.29) is 11.7 Å². The monoisotopic (exact) mass is 358 g/mol. The highest BCUT2D eigenvalue weighted by molar-refractivity contribution is 6.04. The van der Waals surface area contributed by atoms with Gasteiger partial charge < -0.3 is 5.32 Å². The van der Waals surface area contributed by atoms with Crippen molar-refractivity contribution in [1.82, 2.24) is 15.0 Å². The van der Waals surface area contributed by atoms with E-state index in [9.17, 15) is 9.18 Å². The van der Waals surface area contributed by atoms with E-state index in [1.54, 1.807) is 6.07 Å². The number of carbonyl (C=O) groups excluding carboxylic acids is 1. The van der Waals surface area contributed by atoms with Crippen LogP contribution in [0.25, 0.3) is 22.2 Å². The van der Waals surface area contributed by atoms with Gasteiger partial charge in [0.05, 0.1) is 16.8 Å². The molecular weight excluding hydrogens is 343 g/mol. The van der Waals surface area contributed by atoms with Crippen molar-refractivity contribution in [1.29, 1.82) is 0 Å². The minimum Gasteiger partial charge on any atom is -0.322 e. The van der Waals surface area contributed by atoms with E-state index in [1.807, 2.05) is 37.3 Å². The maximum atomic E-state index is 13.3. The first-order valence-electron chi connectivity index (χ1n) is 8.34. The van der Waals surface area contributed by atoms with Gasteiger partial charge in [-0.25, -0.2) is 19.3 Å². The molecule has 0 saturated heterocycles. The molecule has 2 heterocycles. The van der Waals surface area contributed by atoms with E-state index in [0.29, 0.717) is 11.3 Å². The molecule has 0 aliphatic carbocycles. The third-order valence-electron chi connectivity index (χ3n) is 4.24. The highest BCUT2D eigenvalue weighted by Crippen LogP contribution is 2.26. The Bertz CT molecular complexity index is 1150. The van der Waals surface area contributed by atoms with Crippen LogP contribution in [-0.4, -0.2) is 20.9 Å². The number of hydrogen-bond acceptors (Lipinski definition) is 4. The van der Waals surface area contributed by atoms with Gasteiger partial charge in [0.2, 0.25) is 0 Å². The molecule has 0 aliphatic heterocycles. The van der Waals surface area contributed by atoms with Crippen LogP contribution < -0.4 is 5.32 Å². The lowest BCUT2D eigenvalue weighted by Crippen LogP contribution is -2.13. The second-order valence-corrected chi connectivity index (χ2v) is 6.14. The average molecular weight is 358 g/mol. The number of anilines is 1. The van der Waals surface area contributed by atoms with Gasteiger partial charge >= 0.3 is 0 Å². The summed E-state index contributed by atoms with van der Waals surface area (Å²) in [4.78, 5) is 24.6. The number of hydrogen-bond donors (Lipinski definition) is 1. The number of fused-ring (bicyclic) bond motifs is 1. The fourth-order valence-electron chi connectivity index (χ4n) is 2.83. The average Bonchev–Trinajstić information content (AvgIpc) is 2.69. The van der Waals surface area contributed by atoms with Gasteiger partial charge in [-0.15, -0.1) is 0 Å². The summed E-state index contributed by atoms with van der Waals surface area (Å²) in [6, 6.07) is 13.9. The summed E-state index contributed by atoms with van der Waals surface area (Å²) in [5, 5.41) is 3.61. The third-order valence-corrected chi connectivity index (χ3v) is 4.24. The lowest BCUT2D eigenvalue weighted by Gasteiger charge is -2.10. The second-order valence-electron chi connectivity index (χ2n) is 6.14. The Hall–Kier alpha value is -3.67. The summed E-state index contributed by atoms with van der Waals surface area (Å²) in [7, 11) is 0. The van der Waals surface area contributed by atoms with Gasteiger partial charge in [-0.05, 0) is 48.9 Å². The molecule has 0 spiro atoms. The normalized spacial score (nSPS) is 10.7. The molecule has 0 unspecified atom stereocenters. The predicted molar refractivity (Wildman–Crippen MR) is 102 cm³/mol. The molecule has 0 aliphatic rings. The molecule has 27 heavy (non-hydrogen) atoms.